The van der Waals surface area contributed by atoms with Gasteiger partial charge < -0.3 is 4.90 Å². The summed E-state index contributed by atoms with van der Waals surface area (Å²) < 4.78 is 0. The van der Waals surface area contributed by atoms with Gasteiger partial charge in [0, 0.05) is 24.7 Å². The maximum Gasteiger partial charge on any atom is 0.172 e. The summed E-state index contributed by atoms with van der Waals surface area (Å²) in [6, 6.07) is 13.1. The summed E-state index contributed by atoms with van der Waals surface area (Å²) in [5.74, 6) is 0.281. The normalized spacial score (nSPS) is 17.6. The molecule has 1 aromatic heterocycles. The summed E-state index contributed by atoms with van der Waals surface area (Å²) in [7, 11) is 0. The Balaban J connectivity index is 1.61. The van der Waals surface area contributed by atoms with Crippen molar-refractivity contribution in [3.63, 3.8) is 0 Å². The van der Waals surface area contributed by atoms with Crippen LogP contribution >= 0.6 is 11.3 Å². The highest BCUT2D eigenvalue weighted by Gasteiger charge is 2.22. The average Bonchev–Trinajstić information content (AvgIpc) is 3.04. The van der Waals surface area contributed by atoms with Crippen molar-refractivity contribution in [1.29, 1.82) is 0 Å². The minimum absolute atomic E-state index is 0.281. The summed E-state index contributed by atoms with van der Waals surface area (Å²) in [6.07, 6.45) is 3.94. The molecule has 1 atom stereocenters. The molecular formula is C18H21NOS. The third kappa shape index (κ3) is 3.18. The molecule has 0 fully saturated rings. The molecule has 2 nitrogen and oxygen atoms in total. The second-order valence-corrected chi connectivity index (χ2v) is 6.66. The number of carbonyl (C=O) groups is 1. The van der Waals surface area contributed by atoms with Crippen LogP contribution in [0.3, 0.4) is 0 Å². The van der Waals surface area contributed by atoms with Crippen molar-refractivity contribution in [3.05, 3.63) is 52.2 Å². The van der Waals surface area contributed by atoms with Crippen molar-refractivity contribution in [1.82, 2.24) is 0 Å². The molecule has 1 aromatic carbocycles. The zero-order valence-corrected chi connectivity index (χ0v) is 13.2. The van der Waals surface area contributed by atoms with E-state index in [0.29, 0.717) is 12.5 Å². The number of aryl methyl sites for hydroxylation is 1. The molecule has 1 aliphatic heterocycles. The molecule has 0 amide bonds. The van der Waals surface area contributed by atoms with Crippen LogP contribution in [0.25, 0.3) is 0 Å². The largest absolute Gasteiger partial charge is 0.369 e. The highest BCUT2D eigenvalue weighted by atomic mass is 32.1. The molecule has 1 unspecified atom stereocenters. The Bertz CT molecular complexity index is 605. The lowest BCUT2D eigenvalue weighted by atomic mass is 9.96. The Morgan fingerprint density at radius 2 is 2.14 bits per heavy atom. The lowest BCUT2D eigenvalue weighted by Gasteiger charge is -2.37. The topological polar surface area (TPSA) is 20.3 Å². The number of ketones is 1. The maximum atomic E-state index is 12.1. The van der Waals surface area contributed by atoms with Crippen LogP contribution in [-0.4, -0.2) is 18.4 Å². The first-order valence-corrected chi connectivity index (χ1v) is 8.55. The standard InChI is InChI=1S/C18H21NOS/c1-14-10-11-15-6-2-3-7-16(15)19(14)12-4-8-17(20)18-9-5-13-21-18/h2-3,5-7,9,13-14H,4,8,10-12H2,1H3. The molecule has 2 aromatic rings. The van der Waals surface area contributed by atoms with Gasteiger partial charge in [-0.15, -0.1) is 11.3 Å². The average molecular weight is 299 g/mol. The van der Waals surface area contributed by atoms with Crippen molar-refractivity contribution in [2.45, 2.75) is 38.6 Å². The number of Topliss-reactive ketones (excluding diaryl/α,β-unsaturated/α-hetero) is 1. The Kier molecular flexibility index (Phi) is 4.39. The van der Waals surface area contributed by atoms with E-state index in [4.69, 9.17) is 0 Å². The van der Waals surface area contributed by atoms with E-state index < -0.39 is 0 Å². The zero-order chi connectivity index (χ0) is 14.7. The fourth-order valence-electron chi connectivity index (χ4n) is 3.07. The Labute approximate surface area is 130 Å². The van der Waals surface area contributed by atoms with E-state index in [1.807, 2.05) is 17.5 Å². The minimum Gasteiger partial charge on any atom is -0.369 e. The van der Waals surface area contributed by atoms with Gasteiger partial charge in [-0.2, -0.15) is 0 Å². The molecule has 0 N–H and O–H groups in total. The van der Waals surface area contributed by atoms with Gasteiger partial charge in [-0.1, -0.05) is 24.3 Å². The van der Waals surface area contributed by atoms with Crippen LogP contribution in [0.2, 0.25) is 0 Å². The van der Waals surface area contributed by atoms with Crippen LogP contribution in [0.15, 0.2) is 41.8 Å². The van der Waals surface area contributed by atoms with Crippen LogP contribution in [-0.2, 0) is 6.42 Å². The molecule has 2 heterocycles. The van der Waals surface area contributed by atoms with Crippen LogP contribution < -0.4 is 4.90 Å². The van der Waals surface area contributed by atoms with Gasteiger partial charge >= 0.3 is 0 Å². The van der Waals surface area contributed by atoms with Crippen molar-refractivity contribution < 1.29 is 4.79 Å². The summed E-state index contributed by atoms with van der Waals surface area (Å²) in [6.45, 7) is 3.26. The number of fused-ring (bicyclic) bond motifs is 1. The van der Waals surface area contributed by atoms with Crippen molar-refractivity contribution in [3.8, 4) is 0 Å². The maximum absolute atomic E-state index is 12.1. The van der Waals surface area contributed by atoms with Gasteiger partial charge in [0.05, 0.1) is 4.88 Å². The van der Waals surface area contributed by atoms with E-state index in [0.717, 1.165) is 17.8 Å². The number of thiophene rings is 1. The molecule has 110 valence electrons. The first kappa shape index (κ1) is 14.3. The van der Waals surface area contributed by atoms with Gasteiger partial charge in [0.2, 0.25) is 0 Å². The Morgan fingerprint density at radius 1 is 1.29 bits per heavy atom. The van der Waals surface area contributed by atoms with Crippen LogP contribution in [0.5, 0.6) is 0 Å². The van der Waals surface area contributed by atoms with Gasteiger partial charge in [-0.25, -0.2) is 0 Å². The number of carbonyl (C=O) groups excluding carboxylic acids is 1. The quantitative estimate of drug-likeness (QED) is 0.755. The molecule has 3 heteroatoms. The molecule has 0 spiro atoms. The predicted octanol–water partition coefficient (Wildman–Crippen LogP) is 4.55. The van der Waals surface area contributed by atoms with Crippen LogP contribution in [0, 0.1) is 0 Å². The second kappa shape index (κ2) is 6.44. The smallest absolute Gasteiger partial charge is 0.172 e. The lowest BCUT2D eigenvalue weighted by Crippen LogP contribution is -2.38. The monoisotopic (exact) mass is 299 g/mol. The highest BCUT2D eigenvalue weighted by molar-refractivity contribution is 7.12. The Hall–Kier alpha value is -1.61. The SMILES string of the molecule is CC1CCc2ccccc2N1CCCC(=O)c1cccs1. The van der Waals surface area contributed by atoms with Gasteiger partial charge in [-0.3, -0.25) is 4.79 Å². The molecule has 0 saturated heterocycles. The summed E-state index contributed by atoms with van der Waals surface area (Å²) in [5.41, 5.74) is 2.81. The van der Waals surface area contributed by atoms with E-state index in [1.54, 1.807) is 11.3 Å². The van der Waals surface area contributed by atoms with Crippen LogP contribution in [0.4, 0.5) is 5.69 Å². The molecule has 1 aliphatic rings. The van der Waals surface area contributed by atoms with E-state index >= 15 is 0 Å². The third-order valence-corrected chi connectivity index (χ3v) is 5.17. The number of hydrogen-bond donors (Lipinski definition) is 0. The summed E-state index contributed by atoms with van der Waals surface area (Å²) in [4.78, 5) is 15.4. The third-order valence-electron chi connectivity index (χ3n) is 4.26. The van der Waals surface area contributed by atoms with Gasteiger partial charge in [-0.05, 0) is 49.3 Å². The number of para-hydroxylation sites is 1. The molecule has 3 rings (SSSR count). The van der Waals surface area contributed by atoms with Crippen molar-refractivity contribution in [2.75, 3.05) is 11.4 Å². The first-order chi connectivity index (χ1) is 10.3. The van der Waals surface area contributed by atoms with Crippen molar-refractivity contribution >= 4 is 22.8 Å². The predicted molar refractivity (Wildman–Crippen MR) is 89.5 cm³/mol. The molecule has 0 saturated carbocycles. The van der Waals surface area contributed by atoms with E-state index in [-0.39, 0.29) is 5.78 Å². The van der Waals surface area contributed by atoms with E-state index in [1.165, 1.54) is 24.1 Å². The van der Waals surface area contributed by atoms with Gasteiger partial charge in [0.15, 0.2) is 5.78 Å². The summed E-state index contributed by atoms with van der Waals surface area (Å²) >= 11 is 1.54. The minimum atomic E-state index is 0.281. The zero-order valence-electron chi connectivity index (χ0n) is 12.4. The Morgan fingerprint density at radius 3 is 2.95 bits per heavy atom. The van der Waals surface area contributed by atoms with E-state index in [9.17, 15) is 4.79 Å². The number of anilines is 1. The van der Waals surface area contributed by atoms with Gasteiger partial charge in [0.25, 0.3) is 0 Å². The summed E-state index contributed by atoms with van der Waals surface area (Å²) in [5, 5.41) is 1.97. The lowest BCUT2D eigenvalue weighted by molar-refractivity contribution is 0.0984. The number of nitrogens with zero attached hydrogens (tertiary/aromatic N) is 1. The van der Waals surface area contributed by atoms with E-state index in [2.05, 4.69) is 36.1 Å². The fraction of sp³-hybridized carbons (Fsp3) is 0.389. The number of hydrogen-bond acceptors (Lipinski definition) is 3. The molecule has 0 bridgehead atoms. The second-order valence-electron chi connectivity index (χ2n) is 5.71. The van der Waals surface area contributed by atoms with Gasteiger partial charge in [0.1, 0.15) is 0 Å². The highest BCUT2D eigenvalue weighted by Crippen LogP contribution is 2.30. The fourth-order valence-corrected chi connectivity index (χ4v) is 3.77. The van der Waals surface area contributed by atoms with Crippen LogP contribution in [0.1, 0.15) is 41.4 Å². The number of benzene rings is 1. The molecular weight excluding hydrogens is 278 g/mol. The van der Waals surface area contributed by atoms with Crippen molar-refractivity contribution in [2.24, 2.45) is 0 Å². The first-order valence-electron chi connectivity index (χ1n) is 7.67. The molecule has 21 heavy (non-hydrogen) atoms. The molecule has 0 aliphatic carbocycles. The molecule has 0 radical (unpaired) electrons. The number of rotatable bonds is 5.